The number of hydrogen-bond acceptors (Lipinski definition) is 7. The van der Waals surface area contributed by atoms with Gasteiger partial charge in [0.25, 0.3) is 5.91 Å². The van der Waals surface area contributed by atoms with Crippen molar-refractivity contribution >= 4 is 17.5 Å². The van der Waals surface area contributed by atoms with Crippen LogP contribution in [0.4, 0.5) is 16.0 Å². The molecule has 1 fully saturated rings. The molecule has 0 unspecified atom stereocenters. The van der Waals surface area contributed by atoms with Crippen LogP contribution in [0.15, 0.2) is 36.9 Å². The highest BCUT2D eigenvalue weighted by Gasteiger charge is 2.20. The number of ether oxygens (including phenoxy) is 1. The number of aromatic nitrogens is 4. The van der Waals surface area contributed by atoms with Crippen LogP contribution >= 0.6 is 0 Å². The lowest BCUT2D eigenvalue weighted by Gasteiger charge is -2.31. The van der Waals surface area contributed by atoms with Crippen molar-refractivity contribution in [2.75, 3.05) is 39.1 Å². The van der Waals surface area contributed by atoms with Gasteiger partial charge in [-0.05, 0) is 55.5 Å². The Morgan fingerprint density at radius 2 is 1.91 bits per heavy atom. The van der Waals surface area contributed by atoms with Gasteiger partial charge in [-0.2, -0.15) is 5.10 Å². The van der Waals surface area contributed by atoms with Gasteiger partial charge in [-0.3, -0.25) is 9.48 Å². The number of carbonyl (C=O) groups is 1. The number of carbonyl (C=O) groups excluding carboxylic acids is 1. The van der Waals surface area contributed by atoms with Crippen molar-refractivity contribution in [3.63, 3.8) is 0 Å². The van der Waals surface area contributed by atoms with E-state index in [1.54, 1.807) is 24.7 Å². The topological polar surface area (TPSA) is 97.2 Å². The second-order valence-electron chi connectivity index (χ2n) is 8.65. The maximum Gasteiger partial charge on any atom is 0.251 e. The zero-order valence-corrected chi connectivity index (χ0v) is 20.4. The molecule has 0 spiro atoms. The van der Waals surface area contributed by atoms with Gasteiger partial charge in [0.2, 0.25) is 5.95 Å². The monoisotopic (exact) mass is 481 g/mol. The predicted molar refractivity (Wildman–Crippen MR) is 132 cm³/mol. The first-order valence-electron chi connectivity index (χ1n) is 11.9. The molecule has 3 heterocycles. The Hall–Kier alpha value is -3.53. The minimum atomic E-state index is -0.461. The molecule has 35 heavy (non-hydrogen) atoms. The molecular formula is C25H32FN7O2. The molecule has 1 aliphatic heterocycles. The smallest absolute Gasteiger partial charge is 0.251 e. The number of anilines is 2. The highest BCUT2D eigenvalue weighted by molar-refractivity contribution is 5.94. The average molecular weight is 482 g/mol. The fourth-order valence-electron chi connectivity index (χ4n) is 4.32. The lowest BCUT2D eigenvalue weighted by atomic mass is 10.0. The summed E-state index contributed by atoms with van der Waals surface area (Å²) in [6, 6.07) is 3.37. The van der Waals surface area contributed by atoms with Crippen LogP contribution in [-0.4, -0.2) is 64.3 Å². The largest absolute Gasteiger partial charge is 0.494 e. The van der Waals surface area contributed by atoms with E-state index >= 15 is 0 Å². The third-order valence-corrected chi connectivity index (χ3v) is 6.45. The van der Waals surface area contributed by atoms with E-state index in [1.165, 1.54) is 20.2 Å². The van der Waals surface area contributed by atoms with Gasteiger partial charge < -0.3 is 20.3 Å². The van der Waals surface area contributed by atoms with Gasteiger partial charge in [0.1, 0.15) is 0 Å². The van der Waals surface area contributed by atoms with Crippen LogP contribution < -0.4 is 15.4 Å². The van der Waals surface area contributed by atoms with Gasteiger partial charge in [-0.15, -0.1) is 0 Å². The summed E-state index contributed by atoms with van der Waals surface area (Å²) in [5, 5.41) is 10.3. The standard InChI is InChI=1S/C25H32FN7O2/c1-4-32-9-7-21(8-10-32)33-16-20(15-30-33)31-25-28-13-17(14-29-25)5-6-18-11-19(24(34)27-2)12-22(35-3)23(18)26/h11-16,21H,4-10H2,1-3H3,(H,27,34)(H,28,29,31). The number of halogens is 1. The zero-order chi connectivity index (χ0) is 24.8. The molecule has 0 aliphatic carbocycles. The van der Waals surface area contributed by atoms with Crippen molar-refractivity contribution in [1.82, 2.24) is 30.0 Å². The van der Waals surface area contributed by atoms with Gasteiger partial charge in [0, 0.05) is 44.3 Å². The molecule has 9 nitrogen and oxygen atoms in total. The molecule has 0 atom stereocenters. The Balaban J connectivity index is 1.36. The van der Waals surface area contributed by atoms with Crippen LogP contribution in [0.1, 0.15) is 47.3 Å². The summed E-state index contributed by atoms with van der Waals surface area (Å²) in [4.78, 5) is 23.2. The van der Waals surface area contributed by atoms with E-state index in [0.29, 0.717) is 36.0 Å². The second kappa shape index (κ2) is 11.3. The van der Waals surface area contributed by atoms with Gasteiger partial charge in [-0.1, -0.05) is 6.92 Å². The van der Waals surface area contributed by atoms with Gasteiger partial charge in [0.15, 0.2) is 11.6 Å². The number of piperidine rings is 1. The molecule has 1 aliphatic rings. The third kappa shape index (κ3) is 5.94. The fraction of sp³-hybridized carbons (Fsp3) is 0.440. The van der Waals surface area contributed by atoms with Crippen LogP contribution in [0.3, 0.4) is 0 Å². The molecular weight excluding hydrogens is 449 g/mol. The first-order chi connectivity index (χ1) is 17.0. The molecule has 10 heteroatoms. The van der Waals surface area contributed by atoms with Crippen LogP contribution in [-0.2, 0) is 12.8 Å². The molecule has 186 valence electrons. The molecule has 4 rings (SSSR count). The van der Waals surface area contributed by atoms with E-state index in [-0.39, 0.29) is 11.7 Å². The Labute approximate surface area is 204 Å². The van der Waals surface area contributed by atoms with E-state index in [1.807, 2.05) is 10.9 Å². The second-order valence-corrected chi connectivity index (χ2v) is 8.65. The van der Waals surface area contributed by atoms with Gasteiger partial charge in [-0.25, -0.2) is 14.4 Å². The van der Waals surface area contributed by atoms with Crippen molar-refractivity contribution in [1.29, 1.82) is 0 Å². The van der Waals surface area contributed by atoms with Crippen molar-refractivity contribution in [3.05, 3.63) is 59.4 Å². The first kappa shape index (κ1) is 24.6. The maximum absolute atomic E-state index is 14.7. The van der Waals surface area contributed by atoms with Gasteiger partial charge in [0.05, 0.1) is 25.0 Å². The number of aryl methyl sites for hydroxylation is 2. The number of methoxy groups -OCH3 is 1. The normalized spacial score (nSPS) is 14.6. The van der Waals surface area contributed by atoms with E-state index in [0.717, 1.165) is 43.7 Å². The summed E-state index contributed by atoms with van der Waals surface area (Å²) in [7, 11) is 2.92. The van der Waals surface area contributed by atoms with Crippen LogP contribution in [0.25, 0.3) is 0 Å². The number of nitrogens with one attached hydrogen (secondary N) is 2. The summed E-state index contributed by atoms with van der Waals surface area (Å²) in [5.74, 6) is -0.230. The number of nitrogens with zero attached hydrogens (tertiary/aromatic N) is 5. The highest BCUT2D eigenvalue weighted by atomic mass is 19.1. The third-order valence-electron chi connectivity index (χ3n) is 6.45. The van der Waals surface area contributed by atoms with Gasteiger partial charge >= 0.3 is 0 Å². The predicted octanol–water partition coefficient (Wildman–Crippen LogP) is 3.37. The Bertz CT molecular complexity index is 1140. The lowest BCUT2D eigenvalue weighted by molar-refractivity contribution is 0.0962. The maximum atomic E-state index is 14.7. The molecule has 2 aromatic heterocycles. The van der Waals surface area contributed by atoms with Crippen LogP contribution in [0.5, 0.6) is 5.75 Å². The Morgan fingerprint density at radius 3 is 2.57 bits per heavy atom. The average Bonchev–Trinajstić information content (AvgIpc) is 3.37. The number of rotatable bonds is 9. The molecule has 0 saturated carbocycles. The summed E-state index contributed by atoms with van der Waals surface area (Å²) in [5.41, 5.74) is 2.46. The highest BCUT2D eigenvalue weighted by Crippen LogP contribution is 2.25. The van der Waals surface area contributed by atoms with E-state index < -0.39 is 5.82 Å². The molecule has 0 bridgehead atoms. The molecule has 3 aromatic rings. The lowest BCUT2D eigenvalue weighted by Crippen LogP contribution is -2.34. The van der Waals surface area contributed by atoms with Crippen LogP contribution in [0, 0.1) is 5.82 Å². The molecule has 1 amide bonds. The van der Waals surface area contributed by atoms with E-state index in [9.17, 15) is 9.18 Å². The SMILES string of the molecule is CCN1CCC(n2cc(Nc3ncc(CCc4cc(C(=O)NC)cc(OC)c4F)cn3)cn2)CC1. The number of hydrogen-bond donors (Lipinski definition) is 2. The minimum absolute atomic E-state index is 0.0494. The summed E-state index contributed by atoms with van der Waals surface area (Å²) in [6.07, 6.45) is 10.3. The summed E-state index contributed by atoms with van der Waals surface area (Å²) < 4.78 is 21.8. The first-order valence-corrected chi connectivity index (χ1v) is 11.9. The van der Waals surface area contributed by atoms with Crippen molar-refractivity contribution in [2.24, 2.45) is 0 Å². The van der Waals surface area contributed by atoms with Crippen molar-refractivity contribution < 1.29 is 13.9 Å². The summed E-state index contributed by atoms with van der Waals surface area (Å²) in [6.45, 7) is 5.49. The zero-order valence-electron chi connectivity index (χ0n) is 20.4. The minimum Gasteiger partial charge on any atom is -0.494 e. The number of amides is 1. The molecule has 1 saturated heterocycles. The van der Waals surface area contributed by atoms with Crippen LogP contribution in [0.2, 0.25) is 0 Å². The van der Waals surface area contributed by atoms with Crippen molar-refractivity contribution in [2.45, 2.75) is 38.6 Å². The van der Waals surface area contributed by atoms with Crippen molar-refractivity contribution in [3.8, 4) is 5.75 Å². The number of benzene rings is 1. The quantitative estimate of drug-likeness (QED) is 0.484. The summed E-state index contributed by atoms with van der Waals surface area (Å²) >= 11 is 0. The Morgan fingerprint density at radius 1 is 1.17 bits per heavy atom. The number of likely N-dealkylation sites (tertiary alicyclic amines) is 1. The van der Waals surface area contributed by atoms with E-state index in [4.69, 9.17) is 4.74 Å². The molecule has 2 N–H and O–H groups in total. The van der Waals surface area contributed by atoms with E-state index in [2.05, 4.69) is 37.5 Å². The Kier molecular flexibility index (Phi) is 7.91. The molecule has 0 radical (unpaired) electrons. The molecule has 1 aromatic carbocycles. The fourth-order valence-corrected chi connectivity index (χ4v) is 4.32.